The summed E-state index contributed by atoms with van der Waals surface area (Å²) < 4.78 is 0.942. The van der Waals surface area contributed by atoms with Gasteiger partial charge >= 0.3 is 0 Å². The third-order valence-electron chi connectivity index (χ3n) is 3.62. The third-order valence-corrected chi connectivity index (χ3v) is 5.48. The average Bonchev–Trinajstić information content (AvgIpc) is 2.99. The Morgan fingerprint density at radius 3 is 2.76 bits per heavy atom. The highest BCUT2D eigenvalue weighted by molar-refractivity contribution is 7.98. The maximum atomic E-state index is 12.5. The molecule has 0 bridgehead atoms. The maximum absolute atomic E-state index is 12.5. The molecule has 0 saturated carbocycles. The molecule has 132 valence electrons. The van der Waals surface area contributed by atoms with E-state index in [4.69, 9.17) is 5.73 Å². The van der Waals surface area contributed by atoms with E-state index in [1.54, 1.807) is 24.2 Å². The van der Waals surface area contributed by atoms with Crippen molar-refractivity contribution in [1.29, 1.82) is 0 Å². The number of thiophene rings is 1. The lowest BCUT2D eigenvalue weighted by Gasteiger charge is -2.06. The highest BCUT2D eigenvalue weighted by Crippen LogP contribution is 2.34. The van der Waals surface area contributed by atoms with Crippen LogP contribution >= 0.6 is 23.1 Å². The van der Waals surface area contributed by atoms with Gasteiger partial charge < -0.3 is 11.1 Å². The number of pyridine rings is 1. The Balaban J connectivity index is 0.00000109. The molecule has 3 aromatic rings. The van der Waals surface area contributed by atoms with Crippen molar-refractivity contribution in [2.45, 2.75) is 32.2 Å². The van der Waals surface area contributed by atoms with Gasteiger partial charge in [0.15, 0.2) is 0 Å². The SMILES string of the molecule is CC.CSc1cccc(CNC(=O)c2sc3cncc(C)c3c2N)c1. The molecule has 0 radical (unpaired) electrons. The van der Waals surface area contributed by atoms with Crippen LogP contribution in [0, 0.1) is 6.92 Å². The van der Waals surface area contributed by atoms with E-state index >= 15 is 0 Å². The molecule has 0 aliphatic rings. The average molecular weight is 374 g/mol. The van der Waals surface area contributed by atoms with Gasteiger partial charge in [-0.05, 0) is 36.4 Å². The second-order valence-corrected chi connectivity index (χ2v) is 7.14. The number of nitrogen functional groups attached to an aromatic ring is 1. The van der Waals surface area contributed by atoms with Gasteiger partial charge in [-0.1, -0.05) is 26.0 Å². The van der Waals surface area contributed by atoms with Gasteiger partial charge in [0, 0.05) is 29.2 Å². The van der Waals surface area contributed by atoms with Crippen molar-refractivity contribution in [2.24, 2.45) is 0 Å². The zero-order valence-corrected chi connectivity index (χ0v) is 16.6. The summed E-state index contributed by atoms with van der Waals surface area (Å²) in [6.45, 7) is 6.44. The van der Waals surface area contributed by atoms with Crippen LogP contribution in [0.25, 0.3) is 10.1 Å². The van der Waals surface area contributed by atoms with Crippen molar-refractivity contribution in [3.05, 3.63) is 52.7 Å². The molecule has 1 aromatic carbocycles. The van der Waals surface area contributed by atoms with Gasteiger partial charge in [-0.2, -0.15) is 0 Å². The molecule has 6 heteroatoms. The van der Waals surface area contributed by atoms with E-state index in [2.05, 4.69) is 22.4 Å². The van der Waals surface area contributed by atoms with Gasteiger partial charge in [0.25, 0.3) is 5.91 Å². The Bertz CT molecular complexity index is 874. The molecule has 0 saturated heterocycles. The zero-order chi connectivity index (χ0) is 18.4. The van der Waals surface area contributed by atoms with Gasteiger partial charge in [-0.25, -0.2) is 0 Å². The molecule has 2 heterocycles. The van der Waals surface area contributed by atoms with Gasteiger partial charge in [-0.3, -0.25) is 9.78 Å². The van der Waals surface area contributed by atoms with Gasteiger partial charge in [0.2, 0.25) is 0 Å². The normalized spacial score (nSPS) is 10.2. The van der Waals surface area contributed by atoms with Crippen molar-refractivity contribution < 1.29 is 4.79 Å². The first kappa shape index (κ1) is 19.3. The van der Waals surface area contributed by atoms with Gasteiger partial charge in [-0.15, -0.1) is 23.1 Å². The minimum atomic E-state index is -0.141. The molecule has 0 unspecified atom stereocenters. The molecule has 0 aliphatic carbocycles. The summed E-state index contributed by atoms with van der Waals surface area (Å²) in [7, 11) is 0. The predicted octanol–water partition coefficient (Wildman–Crippen LogP) is 4.87. The second kappa shape index (κ2) is 8.87. The van der Waals surface area contributed by atoms with Crippen LogP contribution in [0.5, 0.6) is 0 Å². The number of aromatic nitrogens is 1. The Hall–Kier alpha value is -2.05. The van der Waals surface area contributed by atoms with Crippen molar-refractivity contribution in [3.63, 3.8) is 0 Å². The number of thioether (sulfide) groups is 1. The Morgan fingerprint density at radius 1 is 1.32 bits per heavy atom. The van der Waals surface area contributed by atoms with Crippen LogP contribution in [0.1, 0.15) is 34.6 Å². The molecule has 2 aromatic heterocycles. The number of benzene rings is 1. The summed E-state index contributed by atoms with van der Waals surface area (Å²) in [5.41, 5.74) is 8.78. The summed E-state index contributed by atoms with van der Waals surface area (Å²) >= 11 is 3.07. The number of rotatable bonds is 4. The van der Waals surface area contributed by atoms with Crippen LogP contribution in [0.4, 0.5) is 5.69 Å². The summed E-state index contributed by atoms with van der Waals surface area (Å²) in [5, 5.41) is 3.88. The van der Waals surface area contributed by atoms with Crippen molar-refractivity contribution >= 4 is 44.8 Å². The smallest absolute Gasteiger partial charge is 0.263 e. The minimum absolute atomic E-state index is 0.141. The van der Waals surface area contributed by atoms with E-state index in [0.717, 1.165) is 21.2 Å². The molecule has 3 N–H and O–H groups in total. The Morgan fingerprint density at radius 2 is 2.08 bits per heavy atom. The van der Waals surface area contributed by atoms with Gasteiger partial charge in [0.1, 0.15) is 4.88 Å². The monoisotopic (exact) mass is 373 g/mol. The zero-order valence-electron chi connectivity index (χ0n) is 14.9. The largest absolute Gasteiger partial charge is 0.397 e. The number of fused-ring (bicyclic) bond motifs is 1. The maximum Gasteiger partial charge on any atom is 0.263 e. The number of carbonyl (C=O) groups excluding carboxylic acids is 1. The lowest BCUT2D eigenvalue weighted by Crippen LogP contribution is -2.22. The van der Waals surface area contributed by atoms with Gasteiger partial charge in [0.05, 0.1) is 10.4 Å². The van der Waals surface area contributed by atoms with E-state index in [9.17, 15) is 4.79 Å². The molecule has 0 spiro atoms. The lowest BCUT2D eigenvalue weighted by molar-refractivity contribution is 0.0956. The van der Waals surface area contributed by atoms with Crippen molar-refractivity contribution in [2.75, 3.05) is 12.0 Å². The lowest BCUT2D eigenvalue weighted by atomic mass is 10.1. The van der Waals surface area contributed by atoms with Crippen LogP contribution in [0.2, 0.25) is 0 Å². The molecule has 1 amide bonds. The number of hydrogen-bond donors (Lipinski definition) is 2. The summed E-state index contributed by atoms with van der Waals surface area (Å²) in [4.78, 5) is 18.4. The topological polar surface area (TPSA) is 68.0 Å². The predicted molar refractivity (Wildman–Crippen MR) is 110 cm³/mol. The fraction of sp³-hybridized carbons (Fsp3) is 0.263. The number of hydrogen-bond acceptors (Lipinski definition) is 5. The molecule has 3 rings (SSSR count). The van der Waals surface area contributed by atoms with E-state index in [1.165, 1.54) is 16.2 Å². The summed E-state index contributed by atoms with van der Waals surface area (Å²) in [5.74, 6) is -0.141. The van der Waals surface area contributed by atoms with E-state index in [1.807, 2.05) is 39.2 Å². The second-order valence-electron chi connectivity index (χ2n) is 5.21. The van der Waals surface area contributed by atoms with Crippen LogP contribution < -0.4 is 11.1 Å². The number of nitrogens with zero attached hydrogens (tertiary/aromatic N) is 1. The third kappa shape index (κ3) is 4.32. The molecule has 4 nitrogen and oxygen atoms in total. The Kier molecular flexibility index (Phi) is 6.84. The number of nitrogens with one attached hydrogen (secondary N) is 1. The van der Waals surface area contributed by atoms with Crippen LogP contribution in [0.15, 0.2) is 41.6 Å². The van der Waals surface area contributed by atoms with E-state index in [0.29, 0.717) is 17.1 Å². The fourth-order valence-electron chi connectivity index (χ4n) is 2.45. The van der Waals surface area contributed by atoms with Crippen LogP contribution in [-0.2, 0) is 6.54 Å². The molecular formula is C19H23N3OS2. The van der Waals surface area contributed by atoms with Crippen molar-refractivity contribution in [3.8, 4) is 0 Å². The first-order valence-corrected chi connectivity index (χ1v) is 10.2. The fourth-order valence-corrected chi connectivity index (χ4v) is 4.02. The van der Waals surface area contributed by atoms with Crippen molar-refractivity contribution in [1.82, 2.24) is 10.3 Å². The summed E-state index contributed by atoms with van der Waals surface area (Å²) in [6, 6.07) is 8.13. The first-order valence-electron chi connectivity index (χ1n) is 8.14. The van der Waals surface area contributed by atoms with Crippen LogP contribution in [-0.4, -0.2) is 17.1 Å². The highest BCUT2D eigenvalue weighted by atomic mass is 32.2. The molecule has 0 atom stereocenters. The minimum Gasteiger partial charge on any atom is -0.397 e. The number of nitrogens with two attached hydrogens (primary N) is 1. The summed E-state index contributed by atoms with van der Waals surface area (Å²) in [6.07, 6.45) is 5.55. The number of aryl methyl sites for hydroxylation is 1. The molecule has 0 fully saturated rings. The quantitative estimate of drug-likeness (QED) is 0.641. The number of carbonyl (C=O) groups is 1. The standard InChI is InChI=1S/C17H17N3OS2.C2H6/c1-10-7-19-9-13-14(10)15(18)16(23-13)17(21)20-8-11-4-3-5-12(6-11)22-2;1-2/h3-7,9H,8,18H2,1-2H3,(H,20,21);1-2H3. The van der Waals surface area contributed by atoms with Crippen LogP contribution in [0.3, 0.4) is 0 Å². The van der Waals surface area contributed by atoms with E-state index in [-0.39, 0.29) is 5.91 Å². The first-order chi connectivity index (χ1) is 12.1. The number of amides is 1. The number of anilines is 1. The Labute approximate surface area is 156 Å². The molecule has 0 aliphatic heterocycles. The van der Waals surface area contributed by atoms with E-state index < -0.39 is 0 Å². The molecular weight excluding hydrogens is 350 g/mol. The highest BCUT2D eigenvalue weighted by Gasteiger charge is 2.17. The molecule has 25 heavy (non-hydrogen) atoms.